The van der Waals surface area contributed by atoms with E-state index in [0.29, 0.717) is 18.8 Å². The van der Waals surface area contributed by atoms with Gasteiger partial charge < -0.3 is 14.7 Å². The molecule has 0 radical (unpaired) electrons. The van der Waals surface area contributed by atoms with Gasteiger partial charge in [-0.1, -0.05) is 6.07 Å². The molecule has 1 aromatic heterocycles. The van der Waals surface area contributed by atoms with Crippen molar-refractivity contribution >= 4 is 17.3 Å². The molecule has 1 aliphatic rings. The lowest BCUT2D eigenvalue weighted by Gasteiger charge is -2.27. The molecular weight excluding hydrogens is 369 g/mol. The fourth-order valence-electron chi connectivity index (χ4n) is 3.40. The standard InChI is InChI=1S/C19H21F3N6/c1-26(2)17-9-18(25-12-24-17)27(3)13-7-8-28(11-13)16-6-4-5-15(14(16)10-23)19(20,21)22/h4-6,9,12-13H,7-8,11H2,1-3H3. The molecular formula is C19H21F3N6. The van der Waals surface area contributed by atoms with Crippen molar-refractivity contribution in [1.29, 1.82) is 5.26 Å². The number of hydrogen-bond donors (Lipinski definition) is 0. The van der Waals surface area contributed by atoms with Crippen LogP contribution in [0, 0.1) is 11.3 Å². The number of anilines is 3. The van der Waals surface area contributed by atoms with Crippen LogP contribution in [0.15, 0.2) is 30.6 Å². The van der Waals surface area contributed by atoms with Crippen LogP contribution in [0.25, 0.3) is 0 Å². The highest BCUT2D eigenvalue weighted by Crippen LogP contribution is 2.37. The highest BCUT2D eigenvalue weighted by atomic mass is 19.4. The van der Waals surface area contributed by atoms with Gasteiger partial charge in [0.1, 0.15) is 24.0 Å². The number of halogens is 3. The highest BCUT2D eigenvalue weighted by molar-refractivity contribution is 5.64. The molecule has 1 aliphatic heterocycles. The largest absolute Gasteiger partial charge is 0.417 e. The Morgan fingerprint density at radius 2 is 1.89 bits per heavy atom. The van der Waals surface area contributed by atoms with E-state index in [1.807, 2.05) is 41.9 Å². The first kappa shape index (κ1) is 19.7. The lowest BCUT2D eigenvalue weighted by Crippen LogP contribution is -2.35. The molecule has 148 valence electrons. The fraction of sp³-hybridized carbons (Fsp3) is 0.421. The van der Waals surface area contributed by atoms with Crippen molar-refractivity contribution in [1.82, 2.24) is 9.97 Å². The van der Waals surface area contributed by atoms with E-state index in [1.165, 1.54) is 12.4 Å². The van der Waals surface area contributed by atoms with Crippen molar-refractivity contribution < 1.29 is 13.2 Å². The van der Waals surface area contributed by atoms with E-state index < -0.39 is 11.7 Å². The summed E-state index contributed by atoms with van der Waals surface area (Å²) in [5, 5.41) is 9.35. The zero-order chi connectivity index (χ0) is 20.5. The van der Waals surface area contributed by atoms with Crippen molar-refractivity contribution in [2.24, 2.45) is 0 Å². The van der Waals surface area contributed by atoms with E-state index in [-0.39, 0.29) is 11.6 Å². The molecule has 2 aromatic rings. The smallest absolute Gasteiger partial charge is 0.368 e. The number of hydrogen-bond acceptors (Lipinski definition) is 6. The third kappa shape index (κ3) is 3.81. The maximum atomic E-state index is 13.2. The van der Waals surface area contributed by atoms with Gasteiger partial charge >= 0.3 is 6.18 Å². The minimum Gasteiger partial charge on any atom is -0.368 e. The summed E-state index contributed by atoms with van der Waals surface area (Å²) in [4.78, 5) is 14.2. The summed E-state index contributed by atoms with van der Waals surface area (Å²) in [6.07, 6.45) is -2.31. The molecule has 0 N–H and O–H groups in total. The van der Waals surface area contributed by atoms with Gasteiger partial charge in [0.05, 0.1) is 16.8 Å². The van der Waals surface area contributed by atoms with Gasteiger partial charge in [0.2, 0.25) is 0 Å². The van der Waals surface area contributed by atoms with E-state index in [1.54, 1.807) is 12.1 Å². The Bertz CT molecular complexity index is 890. The van der Waals surface area contributed by atoms with Crippen molar-refractivity contribution in [3.63, 3.8) is 0 Å². The third-order valence-electron chi connectivity index (χ3n) is 4.97. The molecule has 1 saturated heterocycles. The number of aromatic nitrogens is 2. The summed E-state index contributed by atoms with van der Waals surface area (Å²) in [7, 11) is 5.69. The summed E-state index contributed by atoms with van der Waals surface area (Å²) >= 11 is 0. The highest BCUT2D eigenvalue weighted by Gasteiger charge is 2.36. The van der Waals surface area contributed by atoms with Crippen molar-refractivity contribution in [3.8, 4) is 6.07 Å². The molecule has 1 unspecified atom stereocenters. The number of likely N-dealkylation sites (N-methyl/N-ethyl adjacent to an activating group) is 1. The molecule has 0 bridgehead atoms. The van der Waals surface area contributed by atoms with E-state index in [2.05, 4.69) is 9.97 Å². The average Bonchev–Trinajstić information content (AvgIpc) is 3.16. The number of nitrogens with zero attached hydrogens (tertiary/aromatic N) is 6. The molecule has 0 aliphatic carbocycles. The van der Waals surface area contributed by atoms with E-state index in [4.69, 9.17) is 0 Å². The molecule has 1 atom stereocenters. The maximum absolute atomic E-state index is 13.2. The van der Waals surface area contributed by atoms with Crippen LogP contribution in [0.1, 0.15) is 17.5 Å². The topological polar surface area (TPSA) is 59.3 Å². The minimum absolute atomic E-state index is 0.0611. The molecule has 0 saturated carbocycles. The zero-order valence-corrected chi connectivity index (χ0v) is 15.9. The van der Waals surface area contributed by atoms with Crippen LogP contribution in [-0.4, -0.2) is 50.2 Å². The zero-order valence-electron chi connectivity index (χ0n) is 15.9. The quantitative estimate of drug-likeness (QED) is 0.799. The molecule has 1 aromatic carbocycles. The number of nitriles is 1. The lowest BCUT2D eigenvalue weighted by atomic mass is 10.1. The monoisotopic (exact) mass is 390 g/mol. The average molecular weight is 390 g/mol. The fourth-order valence-corrected chi connectivity index (χ4v) is 3.40. The summed E-state index contributed by atoms with van der Waals surface area (Å²) in [5.74, 6) is 1.52. The Hall–Kier alpha value is -3.02. The van der Waals surface area contributed by atoms with Gasteiger partial charge in [-0.15, -0.1) is 0 Å². The van der Waals surface area contributed by atoms with Crippen LogP contribution in [0.5, 0.6) is 0 Å². The summed E-state index contributed by atoms with van der Waals surface area (Å²) in [6.45, 7) is 1.07. The van der Waals surface area contributed by atoms with Crippen LogP contribution in [0.2, 0.25) is 0 Å². The van der Waals surface area contributed by atoms with E-state index in [9.17, 15) is 18.4 Å². The second kappa shape index (κ2) is 7.54. The van der Waals surface area contributed by atoms with Gasteiger partial charge in [-0.05, 0) is 18.6 Å². The van der Waals surface area contributed by atoms with Gasteiger partial charge in [-0.25, -0.2) is 9.97 Å². The van der Waals surface area contributed by atoms with Gasteiger partial charge in [-0.2, -0.15) is 18.4 Å². The second-order valence-corrected chi connectivity index (χ2v) is 6.94. The summed E-state index contributed by atoms with van der Waals surface area (Å²) in [6, 6.07) is 7.55. The normalized spacial score (nSPS) is 16.8. The Balaban J connectivity index is 1.83. The molecule has 3 rings (SSSR count). The molecule has 6 nitrogen and oxygen atoms in total. The van der Waals surface area contributed by atoms with E-state index in [0.717, 1.165) is 24.1 Å². The van der Waals surface area contributed by atoms with E-state index >= 15 is 0 Å². The Morgan fingerprint density at radius 1 is 1.18 bits per heavy atom. The first-order valence-corrected chi connectivity index (χ1v) is 8.80. The van der Waals surface area contributed by atoms with Crippen LogP contribution < -0.4 is 14.7 Å². The Kier molecular flexibility index (Phi) is 5.31. The molecule has 28 heavy (non-hydrogen) atoms. The minimum atomic E-state index is -4.56. The predicted octanol–water partition coefficient (Wildman–Crippen LogP) is 3.15. The van der Waals surface area contributed by atoms with Crippen LogP contribution in [0.3, 0.4) is 0 Å². The second-order valence-electron chi connectivity index (χ2n) is 6.94. The Morgan fingerprint density at radius 3 is 2.54 bits per heavy atom. The predicted molar refractivity (Wildman–Crippen MR) is 102 cm³/mol. The molecule has 2 heterocycles. The van der Waals surface area contributed by atoms with Gasteiger partial charge in [0, 0.05) is 46.3 Å². The van der Waals surface area contributed by atoms with Crippen LogP contribution >= 0.6 is 0 Å². The van der Waals surface area contributed by atoms with Crippen LogP contribution in [0.4, 0.5) is 30.5 Å². The van der Waals surface area contributed by atoms with Crippen molar-refractivity contribution in [2.45, 2.75) is 18.6 Å². The third-order valence-corrected chi connectivity index (χ3v) is 4.97. The molecule has 0 amide bonds. The molecule has 0 spiro atoms. The van der Waals surface area contributed by atoms with Gasteiger partial charge in [0.25, 0.3) is 0 Å². The van der Waals surface area contributed by atoms with Crippen molar-refractivity contribution in [2.75, 3.05) is 48.9 Å². The first-order valence-electron chi connectivity index (χ1n) is 8.80. The number of alkyl halides is 3. The van der Waals surface area contributed by atoms with Crippen molar-refractivity contribution in [3.05, 3.63) is 41.7 Å². The van der Waals surface area contributed by atoms with Gasteiger partial charge in [0.15, 0.2) is 0 Å². The maximum Gasteiger partial charge on any atom is 0.417 e. The molecule has 1 fully saturated rings. The SMILES string of the molecule is CN(C)c1cc(N(C)C2CCN(c3cccc(C(F)(F)F)c3C#N)C2)ncn1. The summed E-state index contributed by atoms with van der Waals surface area (Å²) in [5.41, 5.74) is -0.893. The number of benzene rings is 1. The first-order chi connectivity index (χ1) is 13.2. The number of rotatable bonds is 4. The Labute approximate surface area is 161 Å². The molecule has 9 heteroatoms. The van der Waals surface area contributed by atoms with Crippen LogP contribution in [-0.2, 0) is 6.18 Å². The lowest BCUT2D eigenvalue weighted by molar-refractivity contribution is -0.137. The van der Waals surface area contributed by atoms with Gasteiger partial charge in [-0.3, -0.25) is 0 Å². The summed E-state index contributed by atoms with van der Waals surface area (Å²) < 4.78 is 39.7.